The average molecular weight is 596 g/mol. The first kappa shape index (κ1) is 29.1. The monoisotopic (exact) mass is 595 g/mol. The van der Waals surface area contributed by atoms with Crippen LogP contribution in [0, 0.1) is 5.92 Å². The molecule has 1 aliphatic carbocycles. The van der Waals surface area contributed by atoms with Crippen LogP contribution in [0.25, 0.3) is 21.8 Å². The number of rotatable bonds is 8. The van der Waals surface area contributed by atoms with Crippen LogP contribution < -0.4 is 0 Å². The largest absolute Gasteiger partial charge is 0.383 e. The number of fused-ring (bicyclic) bond motifs is 3. The summed E-state index contributed by atoms with van der Waals surface area (Å²) in [6.45, 7) is 3.09. The van der Waals surface area contributed by atoms with E-state index < -0.39 is 23.0 Å². The van der Waals surface area contributed by atoms with Crippen molar-refractivity contribution in [1.82, 2.24) is 14.5 Å². The number of benzene rings is 3. The van der Waals surface area contributed by atoms with Crippen molar-refractivity contribution in [3.05, 3.63) is 144 Å². The van der Waals surface area contributed by atoms with Crippen LogP contribution in [0.2, 0.25) is 0 Å². The second-order valence-electron chi connectivity index (χ2n) is 12.4. The minimum atomic E-state index is -1.78. The van der Waals surface area contributed by atoms with Crippen molar-refractivity contribution in [2.75, 3.05) is 0 Å². The lowest BCUT2D eigenvalue weighted by Gasteiger charge is -2.50. The van der Waals surface area contributed by atoms with Gasteiger partial charge in [-0.3, -0.25) is 14.8 Å². The lowest BCUT2D eigenvalue weighted by Crippen LogP contribution is -2.54. The van der Waals surface area contributed by atoms with E-state index in [1.807, 2.05) is 66.7 Å². The number of aliphatic hydroxyl groups is 2. The van der Waals surface area contributed by atoms with Gasteiger partial charge in [-0.1, -0.05) is 74.0 Å². The Hall–Kier alpha value is -4.65. The van der Waals surface area contributed by atoms with Gasteiger partial charge in [0.15, 0.2) is 5.78 Å². The molecule has 3 heterocycles. The first-order valence-electron chi connectivity index (χ1n) is 15.8. The molecule has 3 aromatic carbocycles. The van der Waals surface area contributed by atoms with Crippen LogP contribution in [0.4, 0.5) is 0 Å². The fourth-order valence-corrected chi connectivity index (χ4v) is 7.50. The van der Waals surface area contributed by atoms with Gasteiger partial charge in [-0.05, 0) is 66.9 Å². The molecule has 6 aromatic rings. The topological polar surface area (TPSA) is 88.2 Å². The summed E-state index contributed by atoms with van der Waals surface area (Å²) in [5.74, 6) is -1.61. The third kappa shape index (κ3) is 5.04. The molecule has 1 fully saturated rings. The number of ketones is 1. The molecule has 4 unspecified atom stereocenters. The minimum absolute atomic E-state index is 0.119. The fraction of sp³-hybridized carbons (Fsp3) is 0.256. The van der Waals surface area contributed by atoms with Gasteiger partial charge < -0.3 is 14.8 Å². The van der Waals surface area contributed by atoms with Crippen LogP contribution in [0.5, 0.6) is 0 Å². The molecule has 0 saturated heterocycles. The number of pyridine rings is 2. The lowest BCUT2D eigenvalue weighted by molar-refractivity contribution is -0.143. The predicted molar refractivity (Wildman–Crippen MR) is 177 cm³/mol. The highest BCUT2D eigenvalue weighted by Gasteiger charge is 2.58. The Balaban J connectivity index is 1.41. The van der Waals surface area contributed by atoms with E-state index in [0.717, 1.165) is 46.8 Å². The second-order valence-corrected chi connectivity index (χ2v) is 12.4. The molecule has 3 aromatic heterocycles. The number of carbonyl (C=O) groups excluding carboxylic acids is 1. The number of aromatic nitrogens is 3. The Labute approximate surface area is 263 Å². The maximum atomic E-state index is 15.0. The molecular weight excluding hydrogens is 558 g/mol. The lowest BCUT2D eigenvalue weighted by atomic mass is 9.57. The maximum absolute atomic E-state index is 15.0. The minimum Gasteiger partial charge on any atom is -0.383 e. The fourth-order valence-electron chi connectivity index (χ4n) is 7.50. The molecule has 226 valence electrons. The number of para-hydroxylation sites is 1. The predicted octanol–water partition coefficient (Wildman–Crippen LogP) is 7.54. The SMILES string of the molecule is CCCCn1c2ccccc2c2cc(C(=O)C3C(c4ccccc4)CC(O)(c4ccccn4)CC3(O)c3ccccn3)ccc21. The standard InChI is InChI=1S/C39H37N3O3/c1-2-3-23-42-32-16-8-7-15-29(32)30-24-28(19-20-33(30)42)37(43)36-31(27-13-5-4-6-14-27)25-38(44,34-17-9-11-21-40-34)26-39(36,45)35-18-10-12-22-41-35/h4-22,24,31,36,44-45H,2-3,23,25-26H2,1H3. The molecule has 4 atom stereocenters. The highest BCUT2D eigenvalue weighted by atomic mass is 16.3. The Bertz CT molecular complexity index is 1960. The third-order valence-corrected chi connectivity index (χ3v) is 9.59. The molecule has 0 aliphatic heterocycles. The highest BCUT2D eigenvalue weighted by molar-refractivity contribution is 6.11. The first-order chi connectivity index (χ1) is 21.9. The van der Waals surface area contributed by atoms with Crippen LogP contribution >= 0.6 is 0 Å². The number of carbonyl (C=O) groups is 1. The summed E-state index contributed by atoms with van der Waals surface area (Å²) < 4.78 is 2.34. The van der Waals surface area contributed by atoms with E-state index in [2.05, 4.69) is 39.7 Å². The number of hydrogen-bond acceptors (Lipinski definition) is 5. The number of aryl methyl sites for hydroxylation is 1. The smallest absolute Gasteiger partial charge is 0.169 e. The molecule has 6 nitrogen and oxygen atoms in total. The average Bonchev–Trinajstić information content (AvgIpc) is 3.40. The summed E-state index contributed by atoms with van der Waals surface area (Å²) in [6.07, 6.45) is 5.52. The normalized spacial score (nSPS) is 23.4. The van der Waals surface area contributed by atoms with E-state index >= 15 is 0 Å². The molecule has 1 aliphatic rings. The van der Waals surface area contributed by atoms with Crippen molar-refractivity contribution in [3.8, 4) is 0 Å². The number of unbranched alkanes of at least 4 members (excludes halogenated alkanes) is 1. The summed E-state index contributed by atoms with van der Waals surface area (Å²) in [5, 5.41) is 27.3. The molecular formula is C39H37N3O3. The van der Waals surface area contributed by atoms with E-state index in [9.17, 15) is 15.0 Å². The van der Waals surface area contributed by atoms with Gasteiger partial charge in [-0.15, -0.1) is 0 Å². The van der Waals surface area contributed by atoms with Crippen molar-refractivity contribution >= 4 is 27.6 Å². The van der Waals surface area contributed by atoms with E-state index in [1.54, 1.807) is 36.7 Å². The highest BCUT2D eigenvalue weighted by Crippen LogP contribution is 2.56. The maximum Gasteiger partial charge on any atom is 0.169 e. The van der Waals surface area contributed by atoms with Gasteiger partial charge in [0.1, 0.15) is 11.2 Å². The van der Waals surface area contributed by atoms with Gasteiger partial charge >= 0.3 is 0 Å². The zero-order chi connectivity index (χ0) is 31.0. The molecule has 1 saturated carbocycles. The van der Waals surface area contributed by atoms with Gasteiger partial charge in [0.2, 0.25) is 0 Å². The summed E-state index contributed by atoms with van der Waals surface area (Å²) in [5.41, 5.74) is 1.18. The van der Waals surface area contributed by atoms with Crippen LogP contribution in [0.15, 0.2) is 122 Å². The van der Waals surface area contributed by atoms with Gasteiger partial charge in [-0.25, -0.2) is 0 Å². The summed E-state index contributed by atoms with van der Waals surface area (Å²) >= 11 is 0. The summed E-state index contributed by atoms with van der Waals surface area (Å²) in [4.78, 5) is 24.1. The van der Waals surface area contributed by atoms with Crippen LogP contribution in [-0.4, -0.2) is 30.5 Å². The first-order valence-corrected chi connectivity index (χ1v) is 15.8. The zero-order valence-corrected chi connectivity index (χ0v) is 25.4. The van der Waals surface area contributed by atoms with Gasteiger partial charge in [0, 0.05) is 58.6 Å². The van der Waals surface area contributed by atoms with Crippen molar-refractivity contribution in [3.63, 3.8) is 0 Å². The molecule has 6 heteroatoms. The summed E-state index contributed by atoms with van der Waals surface area (Å²) in [6, 6.07) is 34.8. The Kier molecular flexibility index (Phi) is 7.56. The van der Waals surface area contributed by atoms with Gasteiger partial charge in [0.25, 0.3) is 0 Å². The van der Waals surface area contributed by atoms with Gasteiger partial charge in [0.05, 0.1) is 17.3 Å². The van der Waals surface area contributed by atoms with Crippen molar-refractivity contribution in [2.45, 2.75) is 56.3 Å². The van der Waals surface area contributed by atoms with E-state index in [1.165, 1.54) is 0 Å². The van der Waals surface area contributed by atoms with Crippen LogP contribution in [0.3, 0.4) is 0 Å². The Morgan fingerprint density at radius 3 is 2.18 bits per heavy atom. The zero-order valence-electron chi connectivity index (χ0n) is 25.4. The molecule has 0 amide bonds. The molecule has 7 rings (SSSR count). The Morgan fingerprint density at radius 1 is 0.800 bits per heavy atom. The number of hydrogen-bond donors (Lipinski definition) is 2. The van der Waals surface area contributed by atoms with Crippen LogP contribution in [-0.2, 0) is 17.7 Å². The number of Topliss-reactive ketones (excluding diaryl/α,β-unsaturated/α-hetero) is 1. The van der Waals surface area contributed by atoms with E-state index in [4.69, 9.17) is 0 Å². The summed E-state index contributed by atoms with van der Waals surface area (Å²) in [7, 11) is 0. The number of nitrogens with zero attached hydrogens (tertiary/aromatic N) is 3. The van der Waals surface area contributed by atoms with Crippen molar-refractivity contribution in [1.29, 1.82) is 0 Å². The van der Waals surface area contributed by atoms with Crippen molar-refractivity contribution in [2.24, 2.45) is 5.92 Å². The van der Waals surface area contributed by atoms with E-state index in [0.29, 0.717) is 17.0 Å². The molecule has 45 heavy (non-hydrogen) atoms. The molecule has 0 radical (unpaired) electrons. The van der Waals surface area contributed by atoms with Crippen LogP contribution in [0.1, 0.15) is 65.8 Å². The molecule has 2 N–H and O–H groups in total. The second kappa shape index (κ2) is 11.7. The van der Waals surface area contributed by atoms with E-state index in [-0.39, 0.29) is 18.6 Å². The third-order valence-electron chi connectivity index (χ3n) is 9.59. The quantitative estimate of drug-likeness (QED) is 0.178. The van der Waals surface area contributed by atoms with Gasteiger partial charge in [-0.2, -0.15) is 0 Å². The van der Waals surface area contributed by atoms with Crippen molar-refractivity contribution < 1.29 is 15.0 Å². The molecule has 0 bridgehead atoms. The molecule has 0 spiro atoms. The Morgan fingerprint density at radius 2 is 1.47 bits per heavy atom.